The molecule has 0 amide bonds. The molecule has 104 valence electrons. The van der Waals surface area contributed by atoms with Gasteiger partial charge in [-0.25, -0.2) is 0 Å². The lowest BCUT2D eigenvalue weighted by atomic mass is 9.92. The summed E-state index contributed by atoms with van der Waals surface area (Å²) in [5.41, 5.74) is 9.85. The molecule has 0 aliphatic rings. The Hall–Kier alpha value is -2.41. The summed E-state index contributed by atoms with van der Waals surface area (Å²) < 4.78 is 10.6. The molecule has 1 heterocycles. The minimum Gasteiger partial charge on any atom is -0.496 e. The van der Waals surface area contributed by atoms with Gasteiger partial charge in [-0.05, 0) is 41.7 Å². The number of hydrogen-bond acceptors (Lipinski definition) is 4. The molecule has 0 bridgehead atoms. The summed E-state index contributed by atoms with van der Waals surface area (Å²) in [5, 5.41) is 9.20. The van der Waals surface area contributed by atoms with E-state index in [-0.39, 0.29) is 5.88 Å². The number of benzene rings is 1. The van der Waals surface area contributed by atoms with Crippen LogP contribution in [0.15, 0.2) is 22.8 Å². The van der Waals surface area contributed by atoms with Crippen molar-refractivity contribution in [2.24, 2.45) is 0 Å². The van der Waals surface area contributed by atoms with Crippen LogP contribution in [-0.2, 0) is 0 Å². The molecule has 4 heteroatoms. The van der Waals surface area contributed by atoms with Gasteiger partial charge in [0, 0.05) is 5.56 Å². The van der Waals surface area contributed by atoms with Gasteiger partial charge in [-0.2, -0.15) is 5.26 Å². The van der Waals surface area contributed by atoms with E-state index in [0.29, 0.717) is 11.5 Å². The Labute approximate surface area is 118 Å². The van der Waals surface area contributed by atoms with Crippen LogP contribution in [0.25, 0.3) is 11.1 Å². The van der Waals surface area contributed by atoms with Crippen LogP contribution in [0.5, 0.6) is 5.75 Å². The Morgan fingerprint density at radius 3 is 2.55 bits per heavy atom. The normalized spacial score (nSPS) is 10.6. The lowest BCUT2D eigenvalue weighted by molar-refractivity contribution is 0.407. The maximum atomic E-state index is 9.20. The van der Waals surface area contributed by atoms with Crippen molar-refractivity contribution in [3.05, 3.63) is 35.1 Å². The molecule has 0 aliphatic heterocycles. The molecule has 0 unspecified atom stereocenters. The van der Waals surface area contributed by atoms with Gasteiger partial charge in [0.25, 0.3) is 0 Å². The topological polar surface area (TPSA) is 72.2 Å². The third-order valence-electron chi connectivity index (χ3n) is 3.42. The van der Waals surface area contributed by atoms with Crippen molar-refractivity contribution in [1.82, 2.24) is 0 Å². The van der Waals surface area contributed by atoms with Crippen molar-refractivity contribution < 1.29 is 9.15 Å². The fourth-order valence-corrected chi connectivity index (χ4v) is 2.30. The van der Waals surface area contributed by atoms with Crippen molar-refractivity contribution in [1.29, 1.82) is 5.26 Å². The van der Waals surface area contributed by atoms with E-state index in [1.807, 2.05) is 19.1 Å². The van der Waals surface area contributed by atoms with E-state index in [2.05, 4.69) is 19.9 Å². The Morgan fingerprint density at radius 1 is 1.30 bits per heavy atom. The van der Waals surface area contributed by atoms with Crippen molar-refractivity contribution in [2.45, 2.75) is 26.7 Å². The molecule has 2 rings (SSSR count). The van der Waals surface area contributed by atoms with Crippen LogP contribution in [0.2, 0.25) is 0 Å². The fraction of sp³-hybridized carbons (Fsp3) is 0.312. The second kappa shape index (κ2) is 5.30. The highest BCUT2D eigenvalue weighted by molar-refractivity contribution is 5.78. The third-order valence-corrected chi connectivity index (χ3v) is 3.42. The smallest absolute Gasteiger partial charge is 0.208 e. The van der Waals surface area contributed by atoms with E-state index >= 15 is 0 Å². The van der Waals surface area contributed by atoms with Crippen LogP contribution >= 0.6 is 0 Å². The zero-order valence-corrected chi connectivity index (χ0v) is 12.2. The highest BCUT2D eigenvalue weighted by Crippen LogP contribution is 2.37. The van der Waals surface area contributed by atoms with Gasteiger partial charge in [0.15, 0.2) is 0 Å². The van der Waals surface area contributed by atoms with Crippen molar-refractivity contribution in [2.75, 3.05) is 12.8 Å². The molecule has 20 heavy (non-hydrogen) atoms. The van der Waals surface area contributed by atoms with Crippen molar-refractivity contribution in [3.8, 4) is 22.9 Å². The first kappa shape index (κ1) is 14.0. The van der Waals surface area contributed by atoms with E-state index in [4.69, 9.17) is 14.9 Å². The van der Waals surface area contributed by atoms with Gasteiger partial charge in [0.05, 0.1) is 7.11 Å². The Balaban J connectivity index is 2.69. The molecule has 1 aromatic heterocycles. The van der Waals surface area contributed by atoms with Gasteiger partial charge in [-0.15, -0.1) is 0 Å². The quantitative estimate of drug-likeness (QED) is 0.919. The Kier molecular flexibility index (Phi) is 3.71. The molecular formula is C16H18N2O2. The maximum Gasteiger partial charge on any atom is 0.208 e. The number of aryl methyl sites for hydroxylation is 1. The molecule has 2 aromatic rings. The van der Waals surface area contributed by atoms with Gasteiger partial charge < -0.3 is 14.9 Å². The number of rotatable bonds is 3. The van der Waals surface area contributed by atoms with Gasteiger partial charge in [0.1, 0.15) is 23.6 Å². The SMILES string of the molecule is COc1cc(C)c(-c2coc(N)c2C#N)cc1C(C)C. The number of furan rings is 1. The number of nitriles is 1. The van der Waals surface area contributed by atoms with Crippen LogP contribution in [0.4, 0.5) is 5.88 Å². The average molecular weight is 270 g/mol. The lowest BCUT2D eigenvalue weighted by Crippen LogP contribution is -1.97. The van der Waals surface area contributed by atoms with Gasteiger partial charge in [-0.1, -0.05) is 13.8 Å². The standard InChI is InChI=1S/C16H18N2O2/c1-9(2)11-6-12(10(3)5-15(11)19-4)14-8-20-16(18)13(14)7-17/h5-6,8-9H,18H2,1-4H3. The number of hydrogen-bond donors (Lipinski definition) is 1. The maximum absolute atomic E-state index is 9.20. The minimum atomic E-state index is 0.156. The molecule has 0 spiro atoms. The first-order chi connectivity index (χ1) is 9.49. The van der Waals surface area contributed by atoms with Crippen LogP contribution in [0.3, 0.4) is 0 Å². The lowest BCUT2D eigenvalue weighted by Gasteiger charge is -2.15. The number of ether oxygens (including phenoxy) is 1. The first-order valence-corrected chi connectivity index (χ1v) is 6.45. The second-order valence-corrected chi connectivity index (χ2v) is 5.06. The molecule has 0 radical (unpaired) electrons. The third kappa shape index (κ3) is 2.23. The van der Waals surface area contributed by atoms with E-state index in [1.165, 1.54) is 6.26 Å². The van der Waals surface area contributed by atoms with Gasteiger partial charge >= 0.3 is 0 Å². The summed E-state index contributed by atoms with van der Waals surface area (Å²) in [6.07, 6.45) is 1.53. The first-order valence-electron chi connectivity index (χ1n) is 6.45. The highest BCUT2D eigenvalue weighted by Gasteiger charge is 2.18. The zero-order valence-electron chi connectivity index (χ0n) is 12.2. The molecular weight excluding hydrogens is 252 g/mol. The fourth-order valence-electron chi connectivity index (χ4n) is 2.30. The predicted octanol–water partition coefficient (Wildman–Crippen LogP) is 3.84. The average Bonchev–Trinajstić information content (AvgIpc) is 2.78. The summed E-state index contributed by atoms with van der Waals surface area (Å²) in [6, 6.07) is 6.12. The summed E-state index contributed by atoms with van der Waals surface area (Å²) in [7, 11) is 1.66. The minimum absolute atomic E-state index is 0.156. The van der Waals surface area contributed by atoms with Crippen LogP contribution in [0, 0.1) is 18.3 Å². The van der Waals surface area contributed by atoms with E-state index in [9.17, 15) is 5.26 Å². The largest absolute Gasteiger partial charge is 0.496 e. The monoisotopic (exact) mass is 270 g/mol. The predicted molar refractivity (Wildman–Crippen MR) is 78.6 cm³/mol. The Morgan fingerprint density at radius 2 is 2.00 bits per heavy atom. The number of nitrogens with zero attached hydrogens (tertiary/aromatic N) is 1. The highest BCUT2D eigenvalue weighted by atomic mass is 16.5. The molecule has 0 atom stereocenters. The molecule has 0 aliphatic carbocycles. The summed E-state index contributed by atoms with van der Waals surface area (Å²) in [4.78, 5) is 0. The van der Waals surface area contributed by atoms with Crippen LogP contribution in [0.1, 0.15) is 36.5 Å². The second-order valence-electron chi connectivity index (χ2n) is 5.06. The van der Waals surface area contributed by atoms with Crippen molar-refractivity contribution in [3.63, 3.8) is 0 Å². The zero-order chi connectivity index (χ0) is 14.9. The van der Waals surface area contributed by atoms with Crippen LogP contribution in [-0.4, -0.2) is 7.11 Å². The number of methoxy groups -OCH3 is 1. The summed E-state index contributed by atoms with van der Waals surface area (Å²) >= 11 is 0. The molecule has 0 saturated carbocycles. The van der Waals surface area contributed by atoms with Gasteiger partial charge in [0.2, 0.25) is 5.88 Å². The summed E-state index contributed by atoms with van der Waals surface area (Å²) in [5.74, 6) is 1.33. The molecule has 4 nitrogen and oxygen atoms in total. The molecule has 1 aromatic carbocycles. The molecule has 0 saturated heterocycles. The number of nitrogens with two attached hydrogens (primary N) is 1. The van der Waals surface area contributed by atoms with E-state index < -0.39 is 0 Å². The van der Waals surface area contributed by atoms with Crippen molar-refractivity contribution >= 4 is 5.88 Å². The van der Waals surface area contributed by atoms with Crippen LogP contribution < -0.4 is 10.5 Å². The number of nitrogen functional groups attached to an aromatic ring is 1. The summed E-state index contributed by atoms with van der Waals surface area (Å²) in [6.45, 7) is 6.18. The van der Waals surface area contributed by atoms with E-state index in [0.717, 1.165) is 28.0 Å². The number of anilines is 1. The van der Waals surface area contributed by atoms with Gasteiger partial charge in [-0.3, -0.25) is 0 Å². The molecule has 2 N–H and O–H groups in total. The molecule has 0 fully saturated rings. The Bertz CT molecular complexity index is 679. The van der Waals surface area contributed by atoms with E-state index in [1.54, 1.807) is 7.11 Å².